The quantitative estimate of drug-likeness (QED) is 0.426. The van der Waals surface area contributed by atoms with Gasteiger partial charge in [-0.05, 0) is 36.8 Å². The third-order valence-electron chi connectivity index (χ3n) is 7.46. The predicted molar refractivity (Wildman–Crippen MR) is 133 cm³/mol. The van der Waals surface area contributed by atoms with E-state index in [9.17, 15) is 33.3 Å². The monoisotopic (exact) mass is 555 g/mol. The molecule has 2 unspecified atom stereocenters. The maximum absolute atomic E-state index is 12.6. The van der Waals surface area contributed by atoms with Crippen LogP contribution in [0.4, 0.5) is 19.0 Å². The van der Waals surface area contributed by atoms with E-state index in [0.29, 0.717) is 30.4 Å². The lowest BCUT2D eigenvalue weighted by atomic mass is 9.72. The van der Waals surface area contributed by atoms with E-state index in [1.54, 1.807) is 13.0 Å². The Bertz CT molecular complexity index is 1160. The fourth-order valence-corrected chi connectivity index (χ4v) is 5.02. The van der Waals surface area contributed by atoms with Crippen LogP contribution in [0.2, 0.25) is 0 Å². The second kappa shape index (κ2) is 11.1. The molecule has 39 heavy (non-hydrogen) atoms. The summed E-state index contributed by atoms with van der Waals surface area (Å²) in [4.78, 5) is 19.9. The zero-order chi connectivity index (χ0) is 28.5. The van der Waals surface area contributed by atoms with E-state index in [0.717, 1.165) is 11.8 Å². The van der Waals surface area contributed by atoms with Crippen molar-refractivity contribution in [3.05, 3.63) is 42.1 Å². The number of likely N-dealkylation sites (tertiary alicyclic amines) is 1. The van der Waals surface area contributed by atoms with Gasteiger partial charge in [-0.15, -0.1) is 13.2 Å². The Morgan fingerprint density at radius 3 is 2.46 bits per heavy atom. The molecule has 2 saturated heterocycles. The molecule has 1 aromatic carbocycles. The highest BCUT2D eigenvalue weighted by Gasteiger charge is 2.49. The molecular weight excluding hydrogens is 523 g/mol. The number of hydrogen-bond donors (Lipinski definition) is 3. The standard InChI is InChI=1S/C26H32F3N3O7/c1-15(34)25(2)14-32(24(36)20(35)13-33)12-19(25)16-4-6-21(37-3)22(8-16)38-18-10-31(11-18)23-7-5-17(9-30-23)39-26(27,28)29/h4-9,15,18-20,33-35H,10-14H2,1-3H3/t15?,19-,20?,25-/m0/s1. The van der Waals surface area contributed by atoms with Gasteiger partial charge in [0.25, 0.3) is 5.91 Å². The first kappa shape index (κ1) is 28.7. The average Bonchev–Trinajstić information content (AvgIpc) is 3.23. The van der Waals surface area contributed by atoms with Gasteiger partial charge in [0.2, 0.25) is 0 Å². The Morgan fingerprint density at radius 1 is 1.18 bits per heavy atom. The molecule has 4 rings (SSSR count). The highest BCUT2D eigenvalue weighted by atomic mass is 19.4. The summed E-state index contributed by atoms with van der Waals surface area (Å²) in [5, 5.41) is 29.7. The van der Waals surface area contributed by atoms with Crippen LogP contribution < -0.4 is 19.1 Å². The molecule has 1 aromatic heterocycles. The van der Waals surface area contributed by atoms with Crippen LogP contribution in [0, 0.1) is 5.41 Å². The number of carbonyl (C=O) groups is 1. The second-order valence-corrected chi connectivity index (χ2v) is 10.1. The van der Waals surface area contributed by atoms with Crippen molar-refractivity contribution in [1.29, 1.82) is 0 Å². The molecule has 0 radical (unpaired) electrons. The summed E-state index contributed by atoms with van der Waals surface area (Å²) in [6.45, 7) is 4.15. The van der Waals surface area contributed by atoms with Crippen molar-refractivity contribution in [2.24, 2.45) is 5.41 Å². The van der Waals surface area contributed by atoms with Gasteiger partial charge in [-0.2, -0.15) is 0 Å². The minimum absolute atomic E-state index is 0.199. The van der Waals surface area contributed by atoms with Crippen molar-refractivity contribution in [1.82, 2.24) is 9.88 Å². The van der Waals surface area contributed by atoms with Crippen LogP contribution in [0.5, 0.6) is 17.2 Å². The number of carbonyl (C=O) groups excluding carboxylic acids is 1. The van der Waals surface area contributed by atoms with E-state index in [-0.39, 0.29) is 25.1 Å². The Hall–Kier alpha value is -3.29. The smallest absolute Gasteiger partial charge is 0.493 e. The minimum Gasteiger partial charge on any atom is -0.493 e. The number of nitrogens with zero attached hydrogens (tertiary/aromatic N) is 3. The number of anilines is 1. The molecule has 13 heteroatoms. The molecule has 2 aromatic rings. The van der Waals surface area contributed by atoms with Gasteiger partial charge in [0, 0.05) is 24.4 Å². The first-order chi connectivity index (χ1) is 18.3. The molecule has 2 aliphatic heterocycles. The lowest BCUT2D eigenvalue weighted by Crippen LogP contribution is -2.54. The summed E-state index contributed by atoms with van der Waals surface area (Å²) < 4.78 is 52.6. The largest absolute Gasteiger partial charge is 0.573 e. The number of halogens is 3. The topological polar surface area (TPSA) is 125 Å². The van der Waals surface area contributed by atoms with Gasteiger partial charge in [-0.25, -0.2) is 4.98 Å². The third-order valence-corrected chi connectivity index (χ3v) is 7.46. The van der Waals surface area contributed by atoms with Gasteiger partial charge in [-0.3, -0.25) is 4.79 Å². The van der Waals surface area contributed by atoms with Crippen LogP contribution in [-0.2, 0) is 4.79 Å². The first-order valence-corrected chi connectivity index (χ1v) is 12.4. The summed E-state index contributed by atoms with van der Waals surface area (Å²) in [5.41, 5.74) is 0.0820. The zero-order valence-corrected chi connectivity index (χ0v) is 21.8. The summed E-state index contributed by atoms with van der Waals surface area (Å²) in [5.74, 6) is 0.152. The van der Waals surface area contributed by atoms with Gasteiger partial charge in [0.05, 0.1) is 39.1 Å². The highest BCUT2D eigenvalue weighted by molar-refractivity contribution is 5.81. The van der Waals surface area contributed by atoms with E-state index in [4.69, 9.17) is 9.47 Å². The number of pyridine rings is 1. The molecule has 214 valence electrons. The number of rotatable bonds is 9. The number of amides is 1. The van der Waals surface area contributed by atoms with E-state index < -0.39 is 42.2 Å². The molecule has 2 aliphatic rings. The molecule has 0 aliphatic carbocycles. The number of methoxy groups -OCH3 is 1. The van der Waals surface area contributed by atoms with Crippen LogP contribution in [0.25, 0.3) is 0 Å². The summed E-state index contributed by atoms with van der Waals surface area (Å²) in [6, 6.07) is 8.04. The molecule has 0 spiro atoms. The Labute approximate surface area is 223 Å². The number of benzene rings is 1. The molecule has 3 heterocycles. The molecule has 2 fully saturated rings. The van der Waals surface area contributed by atoms with Crippen molar-refractivity contribution < 1.29 is 47.5 Å². The number of aliphatic hydroxyl groups is 3. The van der Waals surface area contributed by atoms with Crippen molar-refractivity contribution in [2.75, 3.05) is 44.8 Å². The molecular formula is C26H32F3N3O7. The predicted octanol–water partition coefficient (Wildman–Crippen LogP) is 1.92. The third kappa shape index (κ3) is 6.15. The molecule has 4 atom stereocenters. The maximum atomic E-state index is 12.6. The van der Waals surface area contributed by atoms with Crippen LogP contribution >= 0.6 is 0 Å². The van der Waals surface area contributed by atoms with Gasteiger partial charge >= 0.3 is 6.36 Å². The van der Waals surface area contributed by atoms with Crippen LogP contribution in [-0.4, -0.2) is 95.7 Å². The zero-order valence-electron chi connectivity index (χ0n) is 21.8. The minimum atomic E-state index is -4.79. The summed E-state index contributed by atoms with van der Waals surface area (Å²) in [6.07, 6.45) is -6.32. The maximum Gasteiger partial charge on any atom is 0.573 e. The second-order valence-electron chi connectivity index (χ2n) is 10.1. The molecule has 10 nitrogen and oxygen atoms in total. The van der Waals surface area contributed by atoms with Crippen molar-refractivity contribution in [2.45, 2.75) is 44.4 Å². The van der Waals surface area contributed by atoms with Crippen molar-refractivity contribution >= 4 is 11.7 Å². The first-order valence-electron chi connectivity index (χ1n) is 12.4. The number of aliphatic hydroxyl groups excluding tert-OH is 3. The van der Waals surface area contributed by atoms with Gasteiger partial charge < -0.3 is 39.3 Å². The highest BCUT2D eigenvalue weighted by Crippen LogP contribution is 2.47. The molecule has 0 saturated carbocycles. The van der Waals surface area contributed by atoms with Crippen molar-refractivity contribution in [3.63, 3.8) is 0 Å². The van der Waals surface area contributed by atoms with Gasteiger partial charge in [0.1, 0.15) is 17.7 Å². The van der Waals surface area contributed by atoms with Crippen LogP contribution in [0.1, 0.15) is 25.3 Å². The van der Waals surface area contributed by atoms with E-state index in [1.807, 2.05) is 24.0 Å². The Morgan fingerprint density at radius 2 is 1.90 bits per heavy atom. The lowest BCUT2D eigenvalue weighted by Gasteiger charge is -2.40. The van der Waals surface area contributed by atoms with E-state index >= 15 is 0 Å². The summed E-state index contributed by atoms with van der Waals surface area (Å²) in [7, 11) is 1.51. The number of hydrogen-bond acceptors (Lipinski definition) is 9. The molecule has 0 bridgehead atoms. The Balaban J connectivity index is 1.46. The number of alkyl halides is 3. The molecule has 3 N–H and O–H groups in total. The lowest BCUT2D eigenvalue weighted by molar-refractivity contribution is -0.274. The average molecular weight is 556 g/mol. The number of aromatic nitrogens is 1. The van der Waals surface area contributed by atoms with E-state index in [2.05, 4.69) is 9.72 Å². The van der Waals surface area contributed by atoms with Gasteiger partial charge in [-0.1, -0.05) is 13.0 Å². The van der Waals surface area contributed by atoms with Crippen molar-refractivity contribution in [3.8, 4) is 17.2 Å². The SMILES string of the molecule is COc1ccc([C@@H]2CN(C(=O)C(O)CO)C[C@@]2(C)C(C)O)cc1OC1CN(c2ccc(OC(F)(F)F)cn2)C1. The van der Waals surface area contributed by atoms with E-state index in [1.165, 1.54) is 24.1 Å². The summed E-state index contributed by atoms with van der Waals surface area (Å²) >= 11 is 0. The fraction of sp³-hybridized carbons (Fsp3) is 0.538. The normalized spacial score (nSPS) is 23.3. The molecule has 1 amide bonds. The van der Waals surface area contributed by atoms with Gasteiger partial charge in [0.15, 0.2) is 17.6 Å². The van der Waals surface area contributed by atoms with Crippen LogP contribution in [0.3, 0.4) is 0 Å². The number of ether oxygens (including phenoxy) is 3. The fourth-order valence-electron chi connectivity index (χ4n) is 5.02. The van der Waals surface area contributed by atoms with Crippen LogP contribution in [0.15, 0.2) is 36.5 Å². The Kier molecular flexibility index (Phi) is 8.14.